The Hall–Kier alpha value is -1.03. The Morgan fingerprint density at radius 1 is 1.27 bits per heavy atom. The molecule has 1 amide bonds. The van der Waals surface area contributed by atoms with E-state index in [0.29, 0.717) is 12.2 Å². The summed E-state index contributed by atoms with van der Waals surface area (Å²) in [6.07, 6.45) is 2.11. The number of carbonyl (C=O) groups is 1. The maximum absolute atomic E-state index is 10.8. The van der Waals surface area contributed by atoms with Gasteiger partial charge in [-0.1, -0.05) is 15.9 Å². The van der Waals surface area contributed by atoms with Crippen LogP contribution in [0.1, 0.15) is 23.2 Å². The van der Waals surface area contributed by atoms with Crippen molar-refractivity contribution in [3.8, 4) is 5.75 Å². The SMILES string of the molecule is NC(=O)c1ccc(OCCCCBr)cc1. The number of unbranched alkanes of at least 4 members (excludes halogenated alkanes) is 1. The Balaban J connectivity index is 2.39. The lowest BCUT2D eigenvalue weighted by Gasteiger charge is -2.05. The third-order valence-electron chi connectivity index (χ3n) is 1.94. The molecule has 15 heavy (non-hydrogen) atoms. The van der Waals surface area contributed by atoms with E-state index in [9.17, 15) is 4.79 Å². The molecule has 0 aromatic heterocycles. The number of hydrogen-bond acceptors (Lipinski definition) is 2. The van der Waals surface area contributed by atoms with Crippen LogP contribution in [0.25, 0.3) is 0 Å². The highest BCUT2D eigenvalue weighted by Gasteiger charge is 1.99. The van der Waals surface area contributed by atoms with Crippen LogP contribution in [0.2, 0.25) is 0 Å². The van der Waals surface area contributed by atoms with Gasteiger partial charge in [0, 0.05) is 10.9 Å². The average Bonchev–Trinajstić information content (AvgIpc) is 2.25. The second kappa shape index (κ2) is 6.45. The minimum absolute atomic E-state index is 0.416. The number of benzene rings is 1. The van der Waals surface area contributed by atoms with Gasteiger partial charge >= 0.3 is 0 Å². The van der Waals surface area contributed by atoms with Crippen molar-refractivity contribution >= 4 is 21.8 Å². The van der Waals surface area contributed by atoms with Gasteiger partial charge in [0.25, 0.3) is 0 Å². The van der Waals surface area contributed by atoms with Crippen molar-refractivity contribution in [2.24, 2.45) is 5.73 Å². The molecule has 3 nitrogen and oxygen atoms in total. The van der Waals surface area contributed by atoms with E-state index in [1.54, 1.807) is 24.3 Å². The summed E-state index contributed by atoms with van der Waals surface area (Å²) in [6.45, 7) is 0.696. The zero-order valence-electron chi connectivity index (χ0n) is 8.41. The topological polar surface area (TPSA) is 52.3 Å². The first-order chi connectivity index (χ1) is 7.24. The van der Waals surface area contributed by atoms with Crippen molar-refractivity contribution in [1.29, 1.82) is 0 Å². The first-order valence-electron chi connectivity index (χ1n) is 4.82. The number of primary amides is 1. The molecule has 2 N–H and O–H groups in total. The summed E-state index contributed by atoms with van der Waals surface area (Å²) in [4.78, 5) is 10.8. The summed E-state index contributed by atoms with van der Waals surface area (Å²) in [5.41, 5.74) is 5.62. The van der Waals surface area contributed by atoms with E-state index < -0.39 is 5.91 Å². The van der Waals surface area contributed by atoms with E-state index in [4.69, 9.17) is 10.5 Å². The highest BCUT2D eigenvalue weighted by Crippen LogP contribution is 2.12. The molecule has 0 unspecified atom stereocenters. The van der Waals surface area contributed by atoms with Crippen LogP contribution in [0.3, 0.4) is 0 Å². The molecule has 0 aliphatic heterocycles. The fraction of sp³-hybridized carbons (Fsp3) is 0.364. The molecule has 0 aliphatic carbocycles. The molecule has 82 valence electrons. The smallest absolute Gasteiger partial charge is 0.248 e. The predicted molar refractivity (Wildman–Crippen MR) is 63.5 cm³/mol. The summed E-state index contributed by atoms with van der Waals surface area (Å²) < 4.78 is 5.47. The Kier molecular flexibility index (Phi) is 5.18. The van der Waals surface area contributed by atoms with Crippen LogP contribution in [0.15, 0.2) is 24.3 Å². The molecule has 1 aromatic carbocycles. The van der Waals surface area contributed by atoms with Crippen molar-refractivity contribution in [3.63, 3.8) is 0 Å². The zero-order chi connectivity index (χ0) is 11.1. The quantitative estimate of drug-likeness (QED) is 0.638. The maximum Gasteiger partial charge on any atom is 0.248 e. The third kappa shape index (κ3) is 4.34. The van der Waals surface area contributed by atoms with Gasteiger partial charge in [0.15, 0.2) is 0 Å². The molecule has 0 atom stereocenters. The molecular weight excluding hydrogens is 258 g/mol. The molecule has 0 bridgehead atoms. The van der Waals surface area contributed by atoms with Crippen molar-refractivity contribution in [1.82, 2.24) is 0 Å². The lowest BCUT2D eigenvalue weighted by molar-refractivity contribution is 0.100. The highest BCUT2D eigenvalue weighted by atomic mass is 79.9. The summed E-state index contributed by atoms with van der Waals surface area (Å²) >= 11 is 3.35. The molecule has 1 rings (SSSR count). The Labute approximate surface area is 97.7 Å². The highest BCUT2D eigenvalue weighted by molar-refractivity contribution is 9.09. The van der Waals surface area contributed by atoms with E-state index in [1.807, 2.05) is 0 Å². The number of rotatable bonds is 6. The van der Waals surface area contributed by atoms with Gasteiger partial charge < -0.3 is 10.5 Å². The second-order valence-corrected chi connectivity index (χ2v) is 3.93. The van der Waals surface area contributed by atoms with Gasteiger partial charge in [-0.25, -0.2) is 0 Å². The molecule has 0 spiro atoms. The van der Waals surface area contributed by atoms with Gasteiger partial charge in [0.2, 0.25) is 5.91 Å². The molecule has 0 aliphatic rings. The molecule has 0 saturated carbocycles. The molecule has 0 heterocycles. The number of alkyl halides is 1. The molecule has 0 saturated heterocycles. The lowest BCUT2D eigenvalue weighted by atomic mass is 10.2. The zero-order valence-corrected chi connectivity index (χ0v) is 10.00. The second-order valence-electron chi connectivity index (χ2n) is 3.13. The number of hydrogen-bond donors (Lipinski definition) is 1. The summed E-state index contributed by atoms with van der Waals surface area (Å²) in [5.74, 6) is 0.357. The Morgan fingerprint density at radius 2 is 1.93 bits per heavy atom. The van der Waals surface area contributed by atoms with Crippen molar-refractivity contribution < 1.29 is 9.53 Å². The molecule has 0 radical (unpaired) electrons. The largest absolute Gasteiger partial charge is 0.494 e. The van der Waals surface area contributed by atoms with Crippen LogP contribution in [-0.2, 0) is 0 Å². The number of nitrogens with two attached hydrogens (primary N) is 1. The van der Waals surface area contributed by atoms with E-state index in [0.717, 1.165) is 23.9 Å². The van der Waals surface area contributed by atoms with Crippen LogP contribution in [0, 0.1) is 0 Å². The van der Waals surface area contributed by atoms with Gasteiger partial charge in [0.1, 0.15) is 5.75 Å². The Morgan fingerprint density at radius 3 is 2.47 bits per heavy atom. The van der Waals surface area contributed by atoms with E-state index in [1.165, 1.54) is 0 Å². The Bertz CT molecular complexity index is 311. The molecular formula is C11H14BrNO2. The van der Waals surface area contributed by atoms with Crippen LogP contribution < -0.4 is 10.5 Å². The number of amides is 1. The van der Waals surface area contributed by atoms with Gasteiger partial charge in [-0.3, -0.25) is 4.79 Å². The van der Waals surface area contributed by atoms with E-state index in [-0.39, 0.29) is 0 Å². The lowest BCUT2D eigenvalue weighted by Crippen LogP contribution is -2.10. The van der Waals surface area contributed by atoms with Gasteiger partial charge in [0.05, 0.1) is 6.61 Å². The van der Waals surface area contributed by atoms with Crippen LogP contribution >= 0.6 is 15.9 Å². The van der Waals surface area contributed by atoms with Gasteiger partial charge in [-0.2, -0.15) is 0 Å². The van der Waals surface area contributed by atoms with Crippen LogP contribution in [0.4, 0.5) is 0 Å². The minimum Gasteiger partial charge on any atom is -0.494 e. The monoisotopic (exact) mass is 271 g/mol. The van der Waals surface area contributed by atoms with Crippen LogP contribution in [0.5, 0.6) is 5.75 Å². The third-order valence-corrected chi connectivity index (χ3v) is 2.50. The summed E-state index contributed by atoms with van der Waals surface area (Å²) in [7, 11) is 0. The van der Waals surface area contributed by atoms with Crippen molar-refractivity contribution in [2.45, 2.75) is 12.8 Å². The first kappa shape index (κ1) is 12.0. The minimum atomic E-state index is -0.416. The first-order valence-corrected chi connectivity index (χ1v) is 5.95. The molecule has 4 heteroatoms. The molecule has 0 fully saturated rings. The van der Waals surface area contributed by atoms with Gasteiger partial charge in [-0.05, 0) is 37.1 Å². The van der Waals surface area contributed by atoms with Crippen LogP contribution in [-0.4, -0.2) is 17.8 Å². The number of carbonyl (C=O) groups excluding carboxylic acids is 1. The van der Waals surface area contributed by atoms with E-state index >= 15 is 0 Å². The average molecular weight is 272 g/mol. The fourth-order valence-electron chi connectivity index (χ4n) is 1.10. The standard InChI is InChI=1S/C11H14BrNO2/c12-7-1-2-8-15-10-5-3-9(4-6-10)11(13)14/h3-6H,1-2,7-8H2,(H2,13,14). The maximum atomic E-state index is 10.8. The number of halogens is 1. The number of ether oxygens (including phenoxy) is 1. The summed E-state index contributed by atoms with van der Waals surface area (Å²) in [6, 6.07) is 6.85. The van der Waals surface area contributed by atoms with Crippen molar-refractivity contribution in [3.05, 3.63) is 29.8 Å². The fourth-order valence-corrected chi connectivity index (χ4v) is 1.50. The van der Waals surface area contributed by atoms with Gasteiger partial charge in [-0.15, -0.1) is 0 Å². The normalized spacial score (nSPS) is 9.93. The van der Waals surface area contributed by atoms with Crippen molar-refractivity contribution in [2.75, 3.05) is 11.9 Å². The predicted octanol–water partition coefficient (Wildman–Crippen LogP) is 2.34. The molecule has 1 aromatic rings. The van der Waals surface area contributed by atoms with E-state index in [2.05, 4.69) is 15.9 Å². The summed E-state index contributed by atoms with van der Waals surface area (Å²) in [5, 5.41) is 0.997.